The molecule has 0 fully saturated rings. The first-order valence-electron chi connectivity index (χ1n) is 21.3. The van der Waals surface area contributed by atoms with Crippen molar-refractivity contribution in [2.45, 2.75) is 0 Å². The molecule has 0 atom stereocenters. The third-order valence-corrected chi connectivity index (χ3v) is 12.6. The summed E-state index contributed by atoms with van der Waals surface area (Å²) < 4.78 is 2.41. The fourth-order valence-corrected chi connectivity index (χ4v) is 9.66. The minimum absolute atomic E-state index is 1.10. The fourth-order valence-electron chi connectivity index (χ4n) is 9.66. The van der Waals surface area contributed by atoms with E-state index < -0.39 is 0 Å². The van der Waals surface area contributed by atoms with Crippen LogP contribution in [0.4, 0.5) is 17.1 Å². The highest BCUT2D eigenvalue weighted by atomic mass is 15.1. The highest BCUT2D eigenvalue weighted by molar-refractivity contribution is 6.21. The maximum Gasteiger partial charge on any atom is 0.0547 e. The van der Waals surface area contributed by atoms with Crippen LogP contribution in [0.5, 0.6) is 0 Å². The Hall–Kier alpha value is -8.20. The molecule has 0 aliphatic heterocycles. The Labute approximate surface area is 360 Å². The number of hydrogen-bond acceptors (Lipinski definition) is 1. The summed E-state index contributed by atoms with van der Waals surface area (Å²) in [5, 5.41) is 10.0. The molecule has 2 heteroatoms. The van der Waals surface area contributed by atoms with Crippen LogP contribution in [0.2, 0.25) is 0 Å². The van der Waals surface area contributed by atoms with Crippen LogP contribution in [0.25, 0.3) is 93.2 Å². The highest BCUT2D eigenvalue weighted by Gasteiger charge is 2.19. The van der Waals surface area contributed by atoms with E-state index in [-0.39, 0.29) is 0 Å². The Morgan fingerprint density at radius 2 is 0.790 bits per heavy atom. The van der Waals surface area contributed by atoms with Crippen molar-refractivity contribution in [3.63, 3.8) is 0 Å². The van der Waals surface area contributed by atoms with Gasteiger partial charge in [0, 0.05) is 33.2 Å². The largest absolute Gasteiger partial charge is 0.310 e. The maximum atomic E-state index is 2.41. The molecule has 0 unspecified atom stereocenters. The summed E-state index contributed by atoms with van der Waals surface area (Å²) in [6.07, 6.45) is 0. The van der Waals surface area contributed by atoms with Gasteiger partial charge >= 0.3 is 0 Å². The van der Waals surface area contributed by atoms with Gasteiger partial charge in [-0.2, -0.15) is 0 Å². The van der Waals surface area contributed by atoms with Crippen LogP contribution >= 0.6 is 0 Å². The van der Waals surface area contributed by atoms with Crippen LogP contribution in [0, 0.1) is 0 Å². The molecule has 0 radical (unpaired) electrons. The van der Waals surface area contributed by atoms with Gasteiger partial charge in [-0.05, 0) is 115 Å². The summed E-state index contributed by atoms with van der Waals surface area (Å²) in [6, 6.07) is 88.4. The van der Waals surface area contributed by atoms with E-state index in [1.165, 1.54) is 87.5 Å². The second-order valence-corrected chi connectivity index (χ2v) is 16.1. The number of para-hydroxylation sites is 1. The average molecular weight is 789 g/mol. The molecule has 0 bridgehead atoms. The molecule has 0 amide bonds. The lowest BCUT2D eigenvalue weighted by molar-refractivity contribution is 1.18. The summed E-state index contributed by atoms with van der Waals surface area (Å²) in [5.74, 6) is 0. The van der Waals surface area contributed by atoms with Crippen LogP contribution in [0.3, 0.4) is 0 Å². The lowest BCUT2D eigenvalue weighted by Crippen LogP contribution is -2.10. The monoisotopic (exact) mass is 788 g/mol. The molecular weight excluding hydrogens is 749 g/mol. The Bertz CT molecular complexity index is 3600. The minimum Gasteiger partial charge on any atom is -0.310 e. The predicted molar refractivity (Wildman–Crippen MR) is 264 cm³/mol. The van der Waals surface area contributed by atoms with Gasteiger partial charge in [0.1, 0.15) is 0 Å². The number of hydrogen-bond donors (Lipinski definition) is 0. The number of rotatable bonds is 7. The van der Waals surface area contributed by atoms with E-state index in [0.717, 1.165) is 22.7 Å². The lowest BCUT2D eigenvalue weighted by Gasteiger charge is -2.28. The van der Waals surface area contributed by atoms with E-state index >= 15 is 0 Å². The van der Waals surface area contributed by atoms with Crippen molar-refractivity contribution in [2.75, 3.05) is 4.90 Å². The van der Waals surface area contributed by atoms with Crippen LogP contribution < -0.4 is 4.90 Å². The van der Waals surface area contributed by atoms with Gasteiger partial charge in [-0.25, -0.2) is 0 Å². The Balaban J connectivity index is 0.940. The van der Waals surface area contributed by atoms with Crippen molar-refractivity contribution in [1.29, 1.82) is 0 Å². The molecule has 0 N–H and O–H groups in total. The van der Waals surface area contributed by atoms with Crippen molar-refractivity contribution < 1.29 is 0 Å². The zero-order valence-corrected chi connectivity index (χ0v) is 34.0. The molecule has 12 rings (SSSR count). The second kappa shape index (κ2) is 14.8. The maximum absolute atomic E-state index is 2.41. The summed E-state index contributed by atoms with van der Waals surface area (Å²) >= 11 is 0. The van der Waals surface area contributed by atoms with Crippen LogP contribution in [-0.4, -0.2) is 4.57 Å². The molecule has 1 heterocycles. The SMILES string of the molecule is c1ccc(-c2ccc(N(c3ccc(-c4ccccc4-c4ccc(-n5c6ccccc6c6c7ccccc7ccc65)cc4)cc3)c3cc4ccccc4c4ccccc34)cc2)cc1. The van der Waals surface area contributed by atoms with Gasteiger partial charge in [-0.15, -0.1) is 0 Å². The number of fused-ring (bicyclic) bond motifs is 8. The number of benzene rings is 11. The van der Waals surface area contributed by atoms with Gasteiger partial charge in [-0.1, -0.05) is 188 Å². The van der Waals surface area contributed by atoms with Gasteiger partial charge in [0.05, 0.1) is 16.7 Å². The van der Waals surface area contributed by atoms with E-state index in [1.807, 2.05) is 0 Å². The first-order valence-corrected chi connectivity index (χ1v) is 21.3. The third kappa shape index (κ3) is 5.96. The van der Waals surface area contributed by atoms with Gasteiger partial charge in [0.15, 0.2) is 0 Å². The molecule has 11 aromatic carbocycles. The zero-order valence-electron chi connectivity index (χ0n) is 34.0. The predicted octanol–water partition coefficient (Wildman–Crippen LogP) is 16.7. The molecule has 12 aromatic rings. The summed E-state index contributed by atoms with van der Waals surface area (Å²) in [4.78, 5) is 2.41. The van der Waals surface area contributed by atoms with Gasteiger partial charge < -0.3 is 9.47 Å². The first-order chi connectivity index (χ1) is 30.8. The summed E-state index contributed by atoms with van der Waals surface area (Å²) in [5.41, 5.74) is 14.1. The van der Waals surface area contributed by atoms with Crippen molar-refractivity contribution in [3.05, 3.63) is 243 Å². The molecule has 0 aliphatic rings. The van der Waals surface area contributed by atoms with E-state index in [1.54, 1.807) is 0 Å². The van der Waals surface area contributed by atoms with E-state index in [0.29, 0.717) is 0 Å². The standard InChI is InChI=1S/C60H40N2/c1-2-14-41(15-3-1)42-26-33-47(34-27-42)61(59-40-46-17-5-6-20-52(46)54-22-10-11-23-55(54)59)48-35-28-44(29-36-48)50-18-8-9-19-51(50)45-30-37-49(38-31-45)62-57-25-13-12-24-56(57)60-53-21-7-4-16-43(53)32-39-58(60)62/h1-40H. The molecule has 2 nitrogen and oxygen atoms in total. The Morgan fingerprint density at radius 3 is 1.48 bits per heavy atom. The minimum atomic E-state index is 1.10. The van der Waals surface area contributed by atoms with Crippen LogP contribution in [-0.2, 0) is 0 Å². The molecule has 0 aliphatic carbocycles. The highest BCUT2D eigenvalue weighted by Crippen LogP contribution is 2.44. The number of nitrogens with zero attached hydrogens (tertiary/aromatic N) is 2. The second-order valence-electron chi connectivity index (χ2n) is 16.1. The molecule has 290 valence electrons. The van der Waals surface area contributed by atoms with Gasteiger partial charge in [0.25, 0.3) is 0 Å². The first kappa shape index (κ1) is 35.7. The lowest BCUT2D eigenvalue weighted by atomic mass is 9.94. The summed E-state index contributed by atoms with van der Waals surface area (Å²) in [7, 11) is 0. The molecule has 62 heavy (non-hydrogen) atoms. The smallest absolute Gasteiger partial charge is 0.0547 e. The quantitative estimate of drug-likeness (QED) is 0.146. The fraction of sp³-hybridized carbons (Fsp3) is 0. The average Bonchev–Trinajstić information content (AvgIpc) is 3.70. The van der Waals surface area contributed by atoms with Crippen molar-refractivity contribution in [1.82, 2.24) is 4.57 Å². The molecule has 0 spiro atoms. The third-order valence-electron chi connectivity index (χ3n) is 12.6. The molecule has 0 saturated carbocycles. The number of anilines is 3. The van der Waals surface area contributed by atoms with Gasteiger partial charge in [-0.3, -0.25) is 0 Å². The van der Waals surface area contributed by atoms with E-state index in [9.17, 15) is 0 Å². The zero-order chi connectivity index (χ0) is 41.0. The number of aromatic nitrogens is 1. The van der Waals surface area contributed by atoms with Crippen LogP contribution in [0.15, 0.2) is 243 Å². The molecule has 1 aromatic heterocycles. The van der Waals surface area contributed by atoms with E-state index in [4.69, 9.17) is 0 Å². The van der Waals surface area contributed by atoms with Gasteiger partial charge in [0.2, 0.25) is 0 Å². The molecular formula is C60H40N2. The Morgan fingerprint density at radius 1 is 0.290 bits per heavy atom. The van der Waals surface area contributed by atoms with Crippen molar-refractivity contribution in [2.24, 2.45) is 0 Å². The Kier molecular flexibility index (Phi) is 8.53. The topological polar surface area (TPSA) is 8.17 Å². The normalized spacial score (nSPS) is 11.5. The van der Waals surface area contributed by atoms with E-state index in [2.05, 4.69) is 252 Å². The van der Waals surface area contributed by atoms with Crippen molar-refractivity contribution in [3.8, 4) is 39.1 Å². The van der Waals surface area contributed by atoms with Crippen LogP contribution in [0.1, 0.15) is 0 Å². The molecule has 0 saturated heterocycles. The van der Waals surface area contributed by atoms with Crippen molar-refractivity contribution >= 4 is 71.2 Å². The summed E-state index contributed by atoms with van der Waals surface area (Å²) in [6.45, 7) is 0.